The summed E-state index contributed by atoms with van der Waals surface area (Å²) < 4.78 is 12.9. The largest absolute Gasteiger partial charge is 0.339 e. The standard InChI is InChI=1S/C18H24FNO2/c1-2-3-4-5-17(21)14-10-12-20(13-11-14)18(22)15-6-8-16(19)9-7-15/h6-9,14H,2-5,10-13H2,1H3. The maximum absolute atomic E-state index is 12.9. The first-order valence-electron chi connectivity index (χ1n) is 8.19. The van der Waals surface area contributed by atoms with E-state index in [0.29, 0.717) is 30.9 Å². The van der Waals surface area contributed by atoms with Crippen molar-refractivity contribution in [3.8, 4) is 0 Å². The minimum Gasteiger partial charge on any atom is -0.339 e. The molecule has 1 heterocycles. The number of hydrogen-bond acceptors (Lipinski definition) is 2. The van der Waals surface area contributed by atoms with Gasteiger partial charge in [-0.15, -0.1) is 0 Å². The van der Waals surface area contributed by atoms with Gasteiger partial charge in [-0.2, -0.15) is 0 Å². The van der Waals surface area contributed by atoms with Crippen LogP contribution in [0.25, 0.3) is 0 Å². The van der Waals surface area contributed by atoms with E-state index in [9.17, 15) is 14.0 Å². The molecule has 1 saturated heterocycles. The summed E-state index contributed by atoms with van der Waals surface area (Å²) in [5.41, 5.74) is 0.508. The summed E-state index contributed by atoms with van der Waals surface area (Å²) in [6, 6.07) is 5.63. The highest BCUT2D eigenvalue weighted by Crippen LogP contribution is 2.22. The molecule has 1 amide bonds. The quantitative estimate of drug-likeness (QED) is 0.749. The molecular formula is C18H24FNO2. The number of rotatable bonds is 6. The Balaban J connectivity index is 1.82. The number of carbonyl (C=O) groups is 2. The second-order valence-electron chi connectivity index (χ2n) is 6.00. The van der Waals surface area contributed by atoms with Crippen LogP contribution in [0.2, 0.25) is 0 Å². The van der Waals surface area contributed by atoms with Crippen molar-refractivity contribution in [2.75, 3.05) is 13.1 Å². The average molecular weight is 305 g/mol. The molecule has 2 rings (SSSR count). The fourth-order valence-electron chi connectivity index (χ4n) is 2.93. The van der Waals surface area contributed by atoms with Crippen molar-refractivity contribution in [3.05, 3.63) is 35.6 Å². The Morgan fingerprint density at radius 1 is 1.14 bits per heavy atom. The van der Waals surface area contributed by atoms with Crippen LogP contribution < -0.4 is 0 Å². The van der Waals surface area contributed by atoms with Crippen LogP contribution in [0, 0.1) is 11.7 Å². The molecule has 1 fully saturated rings. The highest BCUT2D eigenvalue weighted by molar-refractivity contribution is 5.94. The van der Waals surface area contributed by atoms with E-state index < -0.39 is 0 Å². The van der Waals surface area contributed by atoms with Crippen LogP contribution in [-0.4, -0.2) is 29.7 Å². The van der Waals surface area contributed by atoms with Gasteiger partial charge in [-0.05, 0) is 43.5 Å². The Kier molecular flexibility index (Phi) is 6.10. The van der Waals surface area contributed by atoms with Gasteiger partial charge < -0.3 is 4.90 Å². The third-order valence-electron chi connectivity index (χ3n) is 4.36. The van der Waals surface area contributed by atoms with Gasteiger partial charge in [-0.1, -0.05) is 19.8 Å². The van der Waals surface area contributed by atoms with Gasteiger partial charge in [-0.3, -0.25) is 9.59 Å². The first-order chi connectivity index (χ1) is 10.6. The Morgan fingerprint density at radius 3 is 2.36 bits per heavy atom. The maximum Gasteiger partial charge on any atom is 0.253 e. The van der Waals surface area contributed by atoms with Gasteiger partial charge in [0.05, 0.1) is 0 Å². The van der Waals surface area contributed by atoms with Crippen LogP contribution in [0.5, 0.6) is 0 Å². The van der Waals surface area contributed by atoms with Crippen LogP contribution in [0.1, 0.15) is 55.8 Å². The number of halogens is 1. The van der Waals surface area contributed by atoms with Crippen LogP contribution in [0.15, 0.2) is 24.3 Å². The van der Waals surface area contributed by atoms with Gasteiger partial charge in [0.1, 0.15) is 11.6 Å². The number of amides is 1. The molecule has 0 atom stereocenters. The molecule has 4 heteroatoms. The molecule has 0 spiro atoms. The molecule has 0 bridgehead atoms. The minimum absolute atomic E-state index is 0.0723. The first-order valence-corrected chi connectivity index (χ1v) is 8.19. The monoisotopic (exact) mass is 305 g/mol. The molecule has 1 aromatic carbocycles. The summed E-state index contributed by atoms with van der Waals surface area (Å²) in [5, 5.41) is 0. The molecule has 120 valence electrons. The van der Waals surface area contributed by atoms with Crippen molar-refractivity contribution in [1.29, 1.82) is 0 Å². The topological polar surface area (TPSA) is 37.4 Å². The fraction of sp³-hybridized carbons (Fsp3) is 0.556. The van der Waals surface area contributed by atoms with Gasteiger partial charge in [0, 0.05) is 31.0 Å². The molecule has 22 heavy (non-hydrogen) atoms. The summed E-state index contributed by atoms with van der Waals surface area (Å²) in [5.74, 6) is 0.0428. The van der Waals surface area contributed by atoms with E-state index in [4.69, 9.17) is 0 Å². The van der Waals surface area contributed by atoms with Crippen molar-refractivity contribution in [2.24, 2.45) is 5.92 Å². The molecule has 0 radical (unpaired) electrons. The summed E-state index contributed by atoms with van der Waals surface area (Å²) in [4.78, 5) is 26.2. The Hall–Kier alpha value is -1.71. The van der Waals surface area contributed by atoms with Crippen LogP contribution >= 0.6 is 0 Å². The molecule has 0 aliphatic carbocycles. The van der Waals surface area contributed by atoms with E-state index in [-0.39, 0.29) is 17.6 Å². The Bertz CT molecular complexity index is 504. The predicted octanol–water partition coefficient (Wildman–Crippen LogP) is 3.83. The Morgan fingerprint density at radius 2 is 1.77 bits per heavy atom. The van der Waals surface area contributed by atoms with Gasteiger partial charge >= 0.3 is 0 Å². The van der Waals surface area contributed by atoms with Gasteiger partial charge in [0.25, 0.3) is 5.91 Å². The summed E-state index contributed by atoms with van der Waals surface area (Å²) in [6.07, 6.45) is 5.37. The zero-order chi connectivity index (χ0) is 15.9. The lowest BCUT2D eigenvalue weighted by Crippen LogP contribution is -2.40. The highest BCUT2D eigenvalue weighted by atomic mass is 19.1. The molecule has 0 saturated carbocycles. The summed E-state index contributed by atoms with van der Waals surface area (Å²) in [6.45, 7) is 3.35. The normalized spacial score (nSPS) is 15.8. The molecule has 1 aromatic rings. The number of ketones is 1. The number of hydrogen-bond donors (Lipinski definition) is 0. The van der Waals surface area contributed by atoms with Gasteiger partial charge in [0.2, 0.25) is 0 Å². The smallest absolute Gasteiger partial charge is 0.253 e. The molecular weight excluding hydrogens is 281 g/mol. The lowest BCUT2D eigenvalue weighted by Gasteiger charge is -2.31. The molecule has 1 aliphatic rings. The number of Topliss-reactive ketones (excluding diaryl/α,β-unsaturated/α-hetero) is 1. The van der Waals surface area contributed by atoms with E-state index in [2.05, 4.69) is 6.92 Å². The first kappa shape index (κ1) is 16.7. The zero-order valence-corrected chi connectivity index (χ0v) is 13.2. The number of benzene rings is 1. The van der Waals surface area contributed by atoms with Crippen molar-refractivity contribution in [3.63, 3.8) is 0 Å². The SMILES string of the molecule is CCCCCC(=O)C1CCN(C(=O)c2ccc(F)cc2)CC1. The zero-order valence-electron chi connectivity index (χ0n) is 13.2. The summed E-state index contributed by atoms with van der Waals surface area (Å²) in [7, 11) is 0. The second kappa shape index (κ2) is 8.06. The lowest BCUT2D eigenvalue weighted by atomic mass is 9.89. The summed E-state index contributed by atoms with van der Waals surface area (Å²) >= 11 is 0. The fourth-order valence-corrected chi connectivity index (χ4v) is 2.93. The second-order valence-corrected chi connectivity index (χ2v) is 6.00. The van der Waals surface area contributed by atoms with Gasteiger partial charge in [0.15, 0.2) is 0 Å². The van der Waals surface area contributed by atoms with Crippen LogP contribution in [0.3, 0.4) is 0 Å². The van der Waals surface area contributed by atoms with E-state index in [1.807, 2.05) is 0 Å². The van der Waals surface area contributed by atoms with E-state index in [1.165, 1.54) is 24.3 Å². The molecule has 1 aliphatic heterocycles. The van der Waals surface area contributed by atoms with Crippen molar-refractivity contribution in [2.45, 2.75) is 45.4 Å². The minimum atomic E-state index is -0.340. The third kappa shape index (κ3) is 4.39. The molecule has 0 aromatic heterocycles. The predicted molar refractivity (Wildman–Crippen MR) is 84.2 cm³/mol. The van der Waals surface area contributed by atoms with Crippen LogP contribution in [0.4, 0.5) is 4.39 Å². The average Bonchev–Trinajstić information content (AvgIpc) is 2.55. The highest BCUT2D eigenvalue weighted by Gasteiger charge is 2.27. The maximum atomic E-state index is 12.9. The lowest BCUT2D eigenvalue weighted by molar-refractivity contribution is -0.124. The van der Waals surface area contributed by atoms with Crippen molar-refractivity contribution in [1.82, 2.24) is 4.90 Å². The van der Waals surface area contributed by atoms with Crippen LogP contribution in [-0.2, 0) is 4.79 Å². The molecule has 3 nitrogen and oxygen atoms in total. The number of carbonyl (C=O) groups excluding carboxylic acids is 2. The number of likely N-dealkylation sites (tertiary alicyclic amines) is 1. The van der Waals surface area contributed by atoms with E-state index >= 15 is 0 Å². The number of unbranched alkanes of at least 4 members (excludes halogenated alkanes) is 2. The van der Waals surface area contributed by atoms with Gasteiger partial charge in [-0.25, -0.2) is 4.39 Å². The van der Waals surface area contributed by atoms with E-state index in [0.717, 1.165) is 32.1 Å². The van der Waals surface area contributed by atoms with E-state index in [1.54, 1.807) is 4.90 Å². The Labute approximate surface area is 131 Å². The van der Waals surface area contributed by atoms with Crippen molar-refractivity contribution >= 4 is 11.7 Å². The molecule has 0 unspecified atom stereocenters. The third-order valence-corrected chi connectivity index (χ3v) is 4.36. The number of piperidine rings is 1. The van der Waals surface area contributed by atoms with Crippen molar-refractivity contribution < 1.29 is 14.0 Å². The molecule has 0 N–H and O–H groups in total. The number of nitrogens with zero attached hydrogens (tertiary/aromatic N) is 1.